The molecule has 1 saturated heterocycles. The zero-order chi connectivity index (χ0) is 9.03. The van der Waals surface area contributed by atoms with Crippen molar-refractivity contribution in [3.8, 4) is 0 Å². The Bertz CT molecular complexity index is 120. The Morgan fingerprint density at radius 3 is 2.67 bits per heavy atom. The van der Waals surface area contributed by atoms with Gasteiger partial charge in [0.1, 0.15) is 0 Å². The summed E-state index contributed by atoms with van der Waals surface area (Å²) in [5, 5.41) is 7.01. The lowest BCUT2D eigenvalue weighted by Crippen LogP contribution is -2.45. The highest BCUT2D eigenvalue weighted by atomic mass is 15.0. The van der Waals surface area contributed by atoms with Gasteiger partial charge >= 0.3 is 0 Å². The minimum atomic E-state index is 0.414. The molecule has 1 heterocycles. The molecule has 0 spiro atoms. The van der Waals surface area contributed by atoms with Gasteiger partial charge in [-0.3, -0.25) is 0 Å². The van der Waals surface area contributed by atoms with Crippen molar-refractivity contribution in [3.63, 3.8) is 0 Å². The Morgan fingerprint density at radius 1 is 1.42 bits per heavy atom. The number of piperidine rings is 1. The summed E-state index contributed by atoms with van der Waals surface area (Å²) in [5.74, 6) is 0. The normalized spacial score (nSPS) is 25.8. The quantitative estimate of drug-likeness (QED) is 0.654. The molecular formula is C10H22N2. The minimum Gasteiger partial charge on any atom is -0.315 e. The van der Waals surface area contributed by atoms with Gasteiger partial charge in [0.15, 0.2) is 0 Å². The van der Waals surface area contributed by atoms with Gasteiger partial charge in [0.25, 0.3) is 0 Å². The van der Waals surface area contributed by atoms with Gasteiger partial charge in [-0.05, 0) is 24.8 Å². The molecule has 0 unspecified atom stereocenters. The summed E-state index contributed by atoms with van der Waals surface area (Å²) in [6.07, 6.45) is 2.66. The van der Waals surface area contributed by atoms with Crippen LogP contribution in [-0.4, -0.2) is 25.7 Å². The van der Waals surface area contributed by atoms with E-state index in [0.717, 1.165) is 13.1 Å². The van der Waals surface area contributed by atoms with Crippen molar-refractivity contribution in [1.29, 1.82) is 0 Å². The SMILES string of the molecule is CC(C)(C)CN[C@H]1CCCNC1. The fraction of sp³-hybridized carbons (Fsp3) is 1.00. The monoisotopic (exact) mass is 170 g/mol. The van der Waals surface area contributed by atoms with E-state index in [1.165, 1.54) is 19.4 Å². The molecule has 0 aromatic carbocycles. The molecule has 72 valence electrons. The van der Waals surface area contributed by atoms with E-state index < -0.39 is 0 Å². The second-order valence-electron chi connectivity index (χ2n) is 4.98. The molecule has 12 heavy (non-hydrogen) atoms. The lowest BCUT2D eigenvalue weighted by molar-refractivity contribution is 0.316. The maximum Gasteiger partial charge on any atom is 0.0193 e. The summed E-state index contributed by atoms with van der Waals surface area (Å²) in [6, 6.07) is 0.706. The third kappa shape index (κ3) is 4.07. The smallest absolute Gasteiger partial charge is 0.0193 e. The van der Waals surface area contributed by atoms with Gasteiger partial charge in [-0.25, -0.2) is 0 Å². The van der Waals surface area contributed by atoms with Crippen LogP contribution in [0.25, 0.3) is 0 Å². The van der Waals surface area contributed by atoms with Gasteiger partial charge in [-0.1, -0.05) is 20.8 Å². The van der Waals surface area contributed by atoms with Crippen LogP contribution in [0.4, 0.5) is 0 Å². The van der Waals surface area contributed by atoms with Crippen LogP contribution in [-0.2, 0) is 0 Å². The van der Waals surface area contributed by atoms with Gasteiger partial charge in [0.2, 0.25) is 0 Å². The zero-order valence-corrected chi connectivity index (χ0v) is 8.61. The molecule has 0 aliphatic carbocycles. The first-order valence-corrected chi connectivity index (χ1v) is 5.02. The van der Waals surface area contributed by atoms with Crippen molar-refractivity contribution < 1.29 is 0 Å². The molecule has 0 aromatic heterocycles. The molecule has 2 heteroatoms. The molecule has 1 rings (SSSR count). The summed E-state index contributed by atoms with van der Waals surface area (Å²) >= 11 is 0. The number of hydrogen-bond donors (Lipinski definition) is 2. The van der Waals surface area contributed by atoms with E-state index >= 15 is 0 Å². The number of nitrogens with one attached hydrogen (secondary N) is 2. The van der Waals surface area contributed by atoms with Gasteiger partial charge in [0, 0.05) is 19.1 Å². The van der Waals surface area contributed by atoms with E-state index in [2.05, 4.69) is 31.4 Å². The fourth-order valence-corrected chi connectivity index (χ4v) is 1.48. The molecule has 1 aliphatic heterocycles. The van der Waals surface area contributed by atoms with Crippen molar-refractivity contribution >= 4 is 0 Å². The summed E-state index contributed by atoms with van der Waals surface area (Å²) in [5.41, 5.74) is 0.414. The molecule has 1 aliphatic rings. The van der Waals surface area contributed by atoms with Crippen molar-refractivity contribution in [3.05, 3.63) is 0 Å². The lowest BCUT2D eigenvalue weighted by atomic mass is 9.96. The van der Waals surface area contributed by atoms with Crippen LogP contribution in [0.3, 0.4) is 0 Å². The fourth-order valence-electron chi connectivity index (χ4n) is 1.48. The lowest BCUT2D eigenvalue weighted by Gasteiger charge is -2.28. The Kier molecular flexibility index (Phi) is 3.53. The van der Waals surface area contributed by atoms with Gasteiger partial charge < -0.3 is 10.6 Å². The van der Waals surface area contributed by atoms with Gasteiger partial charge in [-0.15, -0.1) is 0 Å². The number of rotatable bonds is 2. The van der Waals surface area contributed by atoms with Gasteiger partial charge in [0.05, 0.1) is 0 Å². The summed E-state index contributed by atoms with van der Waals surface area (Å²) in [6.45, 7) is 10.3. The maximum absolute atomic E-state index is 3.60. The van der Waals surface area contributed by atoms with Crippen molar-refractivity contribution in [1.82, 2.24) is 10.6 Å². The van der Waals surface area contributed by atoms with E-state index in [4.69, 9.17) is 0 Å². The average molecular weight is 170 g/mol. The molecule has 0 saturated carbocycles. The molecule has 0 aromatic rings. The minimum absolute atomic E-state index is 0.414. The van der Waals surface area contributed by atoms with E-state index in [9.17, 15) is 0 Å². The van der Waals surface area contributed by atoms with E-state index in [0.29, 0.717) is 11.5 Å². The standard InChI is InChI=1S/C10H22N2/c1-10(2,3)8-12-9-5-4-6-11-7-9/h9,11-12H,4-8H2,1-3H3/t9-/m0/s1. The molecule has 0 radical (unpaired) electrons. The third-order valence-electron chi connectivity index (χ3n) is 2.22. The second-order valence-corrected chi connectivity index (χ2v) is 4.98. The highest BCUT2D eigenvalue weighted by Crippen LogP contribution is 2.12. The van der Waals surface area contributed by atoms with Crippen LogP contribution in [0.15, 0.2) is 0 Å². The topological polar surface area (TPSA) is 24.1 Å². The Hall–Kier alpha value is -0.0800. The Labute approximate surface area is 76.1 Å². The molecule has 2 nitrogen and oxygen atoms in total. The predicted molar refractivity (Wildman–Crippen MR) is 53.3 cm³/mol. The largest absolute Gasteiger partial charge is 0.315 e. The zero-order valence-electron chi connectivity index (χ0n) is 8.61. The van der Waals surface area contributed by atoms with E-state index in [1.54, 1.807) is 0 Å². The van der Waals surface area contributed by atoms with Crippen LogP contribution in [0, 0.1) is 5.41 Å². The van der Waals surface area contributed by atoms with Crippen LogP contribution >= 0.6 is 0 Å². The molecule has 2 N–H and O–H groups in total. The Morgan fingerprint density at radius 2 is 2.17 bits per heavy atom. The van der Waals surface area contributed by atoms with E-state index in [-0.39, 0.29) is 0 Å². The molecule has 0 bridgehead atoms. The molecule has 1 atom stereocenters. The maximum atomic E-state index is 3.60. The van der Waals surface area contributed by atoms with E-state index in [1.807, 2.05) is 0 Å². The predicted octanol–water partition coefficient (Wildman–Crippen LogP) is 1.37. The van der Waals surface area contributed by atoms with Crippen molar-refractivity contribution in [2.24, 2.45) is 5.41 Å². The van der Waals surface area contributed by atoms with Gasteiger partial charge in [-0.2, -0.15) is 0 Å². The van der Waals surface area contributed by atoms with Crippen LogP contribution in [0.1, 0.15) is 33.6 Å². The van der Waals surface area contributed by atoms with Crippen LogP contribution < -0.4 is 10.6 Å². The summed E-state index contributed by atoms with van der Waals surface area (Å²) in [7, 11) is 0. The van der Waals surface area contributed by atoms with Crippen molar-refractivity contribution in [2.45, 2.75) is 39.7 Å². The number of hydrogen-bond acceptors (Lipinski definition) is 2. The third-order valence-corrected chi connectivity index (χ3v) is 2.22. The molecular weight excluding hydrogens is 148 g/mol. The first kappa shape index (κ1) is 10.0. The highest BCUT2D eigenvalue weighted by Gasteiger charge is 2.15. The first-order chi connectivity index (χ1) is 5.58. The molecule has 1 fully saturated rings. The second kappa shape index (κ2) is 4.24. The summed E-state index contributed by atoms with van der Waals surface area (Å²) < 4.78 is 0. The Balaban J connectivity index is 2.13. The average Bonchev–Trinajstić information content (AvgIpc) is 2.02. The van der Waals surface area contributed by atoms with Crippen LogP contribution in [0.5, 0.6) is 0 Å². The highest BCUT2D eigenvalue weighted by molar-refractivity contribution is 4.77. The molecule has 0 amide bonds. The van der Waals surface area contributed by atoms with Crippen LogP contribution in [0.2, 0.25) is 0 Å². The first-order valence-electron chi connectivity index (χ1n) is 5.02. The van der Waals surface area contributed by atoms with Crippen molar-refractivity contribution in [2.75, 3.05) is 19.6 Å². The summed E-state index contributed by atoms with van der Waals surface area (Å²) in [4.78, 5) is 0.